The molecule has 10 aromatic rings. The second kappa shape index (κ2) is 15.9. The van der Waals surface area contributed by atoms with Crippen molar-refractivity contribution in [3.05, 3.63) is 230 Å². The van der Waals surface area contributed by atoms with E-state index in [1.54, 1.807) is 6.08 Å². The minimum atomic E-state index is 0.721. The normalized spacial score (nSPS) is 12.5. The molecular formula is C57H43N3. The van der Waals surface area contributed by atoms with Crippen molar-refractivity contribution in [2.75, 3.05) is 0 Å². The molecule has 0 fully saturated rings. The summed E-state index contributed by atoms with van der Waals surface area (Å²) in [5.41, 5.74) is 17.1. The van der Waals surface area contributed by atoms with Crippen LogP contribution in [0.2, 0.25) is 0 Å². The molecule has 3 heteroatoms. The largest absolute Gasteiger partial charge is 0.398 e. The number of aromatic nitrogens is 2. The summed E-state index contributed by atoms with van der Waals surface area (Å²) in [6, 6.07) is 55.2. The minimum Gasteiger partial charge on any atom is -0.398 e. The fraction of sp³-hybridized carbons (Fsp3) is 0.0351. The van der Waals surface area contributed by atoms with Gasteiger partial charge in [-0.05, 0) is 125 Å². The van der Waals surface area contributed by atoms with E-state index in [4.69, 9.17) is 5.73 Å². The van der Waals surface area contributed by atoms with Crippen LogP contribution in [0.3, 0.4) is 0 Å². The van der Waals surface area contributed by atoms with Gasteiger partial charge < -0.3 is 10.3 Å². The Balaban J connectivity index is 1.03. The third kappa shape index (κ3) is 6.76. The highest BCUT2D eigenvalue weighted by Gasteiger charge is 2.18. The Bertz CT molecular complexity index is 3410. The quantitative estimate of drug-likeness (QED) is 0.111. The van der Waals surface area contributed by atoms with E-state index in [-0.39, 0.29) is 0 Å². The highest BCUT2D eigenvalue weighted by molar-refractivity contribution is 6.22. The van der Waals surface area contributed by atoms with E-state index in [0.29, 0.717) is 0 Å². The maximum absolute atomic E-state index is 6.94. The van der Waals surface area contributed by atoms with Crippen LogP contribution < -0.4 is 5.73 Å². The van der Waals surface area contributed by atoms with Gasteiger partial charge in [0, 0.05) is 40.9 Å². The van der Waals surface area contributed by atoms with E-state index in [1.165, 1.54) is 87.3 Å². The first-order valence-corrected chi connectivity index (χ1v) is 20.5. The van der Waals surface area contributed by atoms with Crippen molar-refractivity contribution in [3.8, 4) is 22.3 Å². The van der Waals surface area contributed by atoms with E-state index >= 15 is 0 Å². The van der Waals surface area contributed by atoms with Crippen molar-refractivity contribution in [1.82, 2.24) is 9.55 Å². The molecule has 0 aliphatic heterocycles. The van der Waals surface area contributed by atoms with Gasteiger partial charge in [-0.25, -0.2) is 0 Å². The second-order valence-corrected chi connectivity index (χ2v) is 15.3. The molecule has 2 heterocycles. The second-order valence-electron chi connectivity index (χ2n) is 15.3. The lowest BCUT2D eigenvalue weighted by atomic mass is 9.84. The first kappa shape index (κ1) is 36.6. The van der Waals surface area contributed by atoms with Gasteiger partial charge >= 0.3 is 0 Å². The highest BCUT2D eigenvalue weighted by Crippen LogP contribution is 2.45. The molecule has 0 saturated carbocycles. The number of hydrogen-bond donors (Lipinski definition) is 1. The number of rotatable bonds is 10. The van der Waals surface area contributed by atoms with Gasteiger partial charge in [0.05, 0.1) is 5.52 Å². The van der Waals surface area contributed by atoms with Gasteiger partial charge in [0.2, 0.25) is 0 Å². The Labute approximate surface area is 350 Å². The number of nitrogens with two attached hydrogens (primary N) is 1. The van der Waals surface area contributed by atoms with Gasteiger partial charge in [0.15, 0.2) is 0 Å². The third-order valence-corrected chi connectivity index (χ3v) is 11.7. The monoisotopic (exact) mass is 769 g/mol. The van der Waals surface area contributed by atoms with E-state index < -0.39 is 0 Å². The molecule has 2 aromatic heterocycles. The van der Waals surface area contributed by atoms with Crippen LogP contribution >= 0.6 is 0 Å². The van der Waals surface area contributed by atoms with E-state index in [2.05, 4.69) is 192 Å². The number of pyridine rings is 1. The van der Waals surface area contributed by atoms with Crippen molar-refractivity contribution in [1.29, 1.82) is 0 Å². The molecular weight excluding hydrogens is 727 g/mol. The summed E-state index contributed by atoms with van der Waals surface area (Å²) in [6.07, 6.45) is 20.9. The third-order valence-electron chi connectivity index (χ3n) is 11.7. The van der Waals surface area contributed by atoms with Crippen molar-refractivity contribution < 1.29 is 0 Å². The average Bonchev–Trinajstić information content (AvgIpc) is 3.61. The number of benzene rings is 8. The molecule has 3 nitrogen and oxygen atoms in total. The van der Waals surface area contributed by atoms with E-state index in [1.807, 2.05) is 30.6 Å². The summed E-state index contributed by atoms with van der Waals surface area (Å²) in [6.45, 7) is 4.53. The molecule has 0 amide bonds. The molecule has 8 aromatic carbocycles. The maximum Gasteiger partial charge on any atom is 0.0525 e. The molecule has 0 saturated heterocycles. The zero-order valence-corrected chi connectivity index (χ0v) is 33.3. The number of nitrogens with zero attached hydrogens (tertiary/aromatic N) is 2. The highest BCUT2D eigenvalue weighted by atomic mass is 15.0. The van der Waals surface area contributed by atoms with E-state index in [0.717, 1.165) is 29.6 Å². The molecule has 0 aliphatic carbocycles. The molecule has 0 spiro atoms. The van der Waals surface area contributed by atoms with Crippen LogP contribution in [0, 0.1) is 0 Å². The lowest BCUT2D eigenvalue weighted by Gasteiger charge is -2.19. The Kier molecular flexibility index (Phi) is 9.69. The van der Waals surface area contributed by atoms with Crippen molar-refractivity contribution >= 4 is 70.6 Å². The van der Waals surface area contributed by atoms with Gasteiger partial charge in [-0.1, -0.05) is 164 Å². The van der Waals surface area contributed by atoms with E-state index in [9.17, 15) is 0 Å². The Hall–Kier alpha value is -7.75. The first-order valence-electron chi connectivity index (χ1n) is 20.5. The van der Waals surface area contributed by atoms with Crippen LogP contribution in [0.15, 0.2) is 219 Å². The average molecular weight is 770 g/mol. The molecule has 60 heavy (non-hydrogen) atoms. The molecule has 0 atom stereocenters. The lowest BCUT2D eigenvalue weighted by molar-refractivity contribution is 0.898. The van der Waals surface area contributed by atoms with Crippen LogP contribution in [0.1, 0.15) is 11.1 Å². The molecule has 0 aliphatic rings. The van der Waals surface area contributed by atoms with Crippen LogP contribution in [0.4, 0.5) is 0 Å². The van der Waals surface area contributed by atoms with Gasteiger partial charge in [-0.3, -0.25) is 4.98 Å². The summed E-state index contributed by atoms with van der Waals surface area (Å²) in [5.74, 6) is 0. The molecule has 0 bridgehead atoms. The summed E-state index contributed by atoms with van der Waals surface area (Å²) in [5, 5.41) is 12.1. The molecule has 0 radical (unpaired) electrons. The SMILES string of the molecule is C=C/C=C\C=C/Cn1c2ccncc2c2cc(C/C=C\C=C(/N)c3ccc4c(-c5ccc6ccccc6c5)c5ccccc5c(-c5ccc6ccccc6c5)c4c3)ccc21. The molecule has 0 unspecified atom stereocenters. The fourth-order valence-electron chi connectivity index (χ4n) is 8.85. The molecule has 10 rings (SSSR count). The van der Waals surface area contributed by atoms with Crippen molar-refractivity contribution in [2.45, 2.75) is 13.0 Å². The van der Waals surface area contributed by atoms with Gasteiger partial charge in [-0.15, -0.1) is 0 Å². The summed E-state index contributed by atoms with van der Waals surface area (Å²) in [7, 11) is 0. The zero-order chi connectivity index (χ0) is 40.4. The van der Waals surface area contributed by atoms with Crippen molar-refractivity contribution in [3.63, 3.8) is 0 Å². The summed E-state index contributed by atoms with van der Waals surface area (Å²) in [4.78, 5) is 4.46. The Morgan fingerprint density at radius 1 is 0.533 bits per heavy atom. The number of fused-ring (bicyclic) bond motifs is 7. The predicted molar refractivity (Wildman–Crippen MR) is 258 cm³/mol. The molecule has 286 valence electrons. The minimum absolute atomic E-state index is 0.721. The van der Waals surface area contributed by atoms with Gasteiger partial charge in [0.25, 0.3) is 0 Å². The van der Waals surface area contributed by atoms with Crippen LogP contribution in [0.5, 0.6) is 0 Å². The Morgan fingerprint density at radius 3 is 1.90 bits per heavy atom. The zero-order valence-electron chi connectivity index (χ0n) is 33.3. The first-order chi connectivity index (χ1) is 29.6. The predicted octanol–water partition coefficient (Wildman–Crippen LogP) is 14.5. The van der Waals surface area contributed by atoms with Crippen LogP contribution in [0.25, 0.3) is 92.8 Å². The van der Waals surface area contributed by atoms with Crippen molar-refractivity contribution in [2.24, 2.45) is 5.73 Å². The van der Waals surface area contributed by atoms with Gasteiger partial charge in [-0.2, -0.15) is 0 Å². The summed E-state index contributed by atoms with van der Waals surface area (Å²) >= 11 is 0. The molecule has 2 N–H and O–H groups in total. The lowest BCUT2D eigenvalue weighted by Crippen LogP contribution is -1.97. The number of hydrogen-bond acceptors (Lipinski definition) is 2. The van der Waals surface area contributed by atoms with Crippen LogP contribution in [-0.2, 0) is 13.0 Å². The maximum atomic E-state index is 6.94. The standard InChI is InChI=1S/C57H43N3/c1-2-3-4-5-14-33-60-54-30-23-39(34-50(54)52-38-59-32-31-55(52)60)15-6-13-22-53(58)44-28-29-49-51(37-44)57(46-27-25-41-17-8-10-19-43(41)36-46)48-21-12-11-20-47(48)56(49)45-26-24-40-16-7-9-18-42(40)35-45/h2-14,16-32,34-38H,1,15,33,58H2/b4-3-,13-6-,14-5-,53-22-. The summed E-state index contributed by atoms with van der Waals surface area (Å²) < 4.78 is 2.34. The van der Waals surface area contributed by atoms with Gasteiger partial charge in [0.1, 0.15) is 0 Å². The topological polar surface area (TPSA) is 43.8 Å². The fourth-order valence-corrected chi connectivity index (χ4v) is 8.85. The number of allylic oxidation sites excluding steroid dienone is 8. The Morgan fingerprint density at radius 2 is 1.18 bits per heavy atom. The van der Waals surface area contributed by atoms with Crippen LogP contribution in [-0.4, -0.2) is 9.55 Å². The smallest absolute Gasteiger partial charge is 0.0525 e.